The summed E-state index contributed by atoms with van der Waals surface area (Å²) in [5.41, 5.74) is 3.34. The zero-order chi connectivity index (χ0) is 9.42. The van der Waals surface area contributed by atoms with Crippen LogP contribution in [-0.2, 0) is 0 Å². The van der Waals surface area contributed by atoms with Crippen molar-refractivity contribution >= 4 is 5.52 Å². The Balaban J connectivity index is 2.97. The van der Waals surface area contributed by atoms with E-state index in [-0.39, 0.29) is 5.56 Å². The summed E-state index contributed by atoms with van der Waals surface area (Å²) in [5.74, 6) is 0. The van der Waals surface area contributed by atoms with E-state index in [4.69, 9.17) is 0 Å². The molecular weight excluding hydrogens is 162 g/mol. The molecule has 0 aromatic carbocycles. The maximum atomic E-state index is 11.4. The summed E-state index contributed by atoms with van der Waals surface area (Å²) in [5, 5.41) is 0. The summed E-state index contributed by atoms with van der Waals surface area (Å²) in [7, 11) is 0. The second kappa shape index (κ2) is 2.73. The van der Waals surface area contributed by atoms with Crippen molar-refractivity contribution in [1.82, 2.24) is 4.40 Å². The van der Waals surface area contributed by atoms with Crippen LogP contribution in [0.25, 0.3) is 5.52 Å². The highest BCUT2D eigenvalue weighted by Gasteiger charge is 1.97. The quantitative estimate of drug-likeness (QED) is 0.596. The number of aromatic nitrogens is 1. The van der Waals surface area contributed by atoms with Crippen molar-refractivity contribution in [3.8, 4) is 0 Å². The van der Waals surface area contributed by atoms with Crippen molar-refractivity contribution in [1.29, 1.82) is 0 Å². The van der Waals surface area contributed by atoms with Crippen LogP contribution in [0.4, 0.5) is 0 Å². The molecule has 0 saturated heterocycles. The molecule has 0 N–H and O–H groups in total. The Kier molecular flexibility index (Phi) is 1.69. The van der Waals surface area contributed by atoms with Crippen LogP contribution < -0.4 is 5.56 Å². The van der Waals surface area contributed by atoms with Gasteiger partial charge in [0.1, 0.15) is 0 Å². The van der Waals surface area contributed by atoms with Crippen molar-refractivity contribution < 1.29 is 0 Å². The Labute approximate surface area is 76.5 Å². The van der Waals surface area contributed by atoms with Gasteiger partial charge in [0.25, 0.3) is 5.56 Å². The Hall–Kier alpha value is -1.57. The van der Waals surface area contributed by atoms with E-state index in [0.29, 0.717) is 0 Å². The molecule has 0 saturated carbocycles. The Morgan fingerprint density at radius 1 is 1.15 bits per heavy atom. The molecule has 0 spiro atoms. The molecule has 0 amide bonds. The Bertz CT molecular complexity index is 511. The molecule has 0 aliphatic carbocycles. The van der Waals surface area contributed by atoms with Crippen molar-refractivity contribution in [3.05, 3.63) is 51.9 Å². The average molecular weight is 173 g/mol. The summed E-state index contributed by atoms with van der Waals surface area (Å²) in [4.78, 5) is 11.4. The van der Waals surface area contributed by atoms with Gasteiger partial charge in [-0.05, 0) is 37.1 Å². The van der Waals surface area contributed by atoms with E-state index < -0.39 is 0 Å². The van der Waals surface area contributed by atoms with E-state index in [9.17, 15) is 4.79 Å². The molecule has 0 atom stereocenters. The number of pyridine rings is 2. The molecule has 2 heteroatoms. The molecular formula is C11H11NO. The minimum atomic E-state index is 0.0283. The predicted octanol–water partition coefficient (Wildman–Crippen LogP) is 1.92. The molecule has 13 heavy (non-hydrogen) atoms. The van der Waals surface area contributed by atoms with Gasteiger partial charge in [-0.1, -0.05) is 6.07 Å². The Morgan fingerprint density at radius 2 is 1.92 bits per heavy atom. The third kappa shape index (κ3) is 1.24. The third-order valence-corrected chi connectivity index (χ3v) is 2.33. The lowest BCUT2D eigenvalue weighted by molar-refractivity contribution is 1.06. The monoisotopic (exact) mass is 173 g/mol. The van der Waals surface area contributed by atoms with E-state index in [2.05, 4.69) is 0 Å². The first-order chi connectivity index (χ1) is 6.18. The van der Waals surface area contributed by atoms with Crippen molar-refractivity contribution in [2.75, 3.05) is 0 Å². The first-order valence-corrected chi connectivity index (χ1v) is 4.27. The van der Waals surface area contributed by atoms with Crippen molar-refractivity contribution in [2.24, 2.45) is 0 Å². The fourth-order valence-electron chi connectivity index (χ4n) is 1.40. The largest absolute Gasteiger partial charge is 0.284 e. The van der Waals surface area contributed by atoms with Gasteiger partial charge in [0.15, 0.2) is 0 Å². The second-order valence-corrected chi connectivity index (χ2v) is 3.30. The molecule has 66 valence electrons. The smallest absolute Gasteiger partial charge is 0.255 e. The molecule has 0 aliphatic heterocycles. The van der Waals surface area contributed by atoms with Gasteiger partial charge < -0.3 is 0 Å². The molecule has 2 nitrogen and oxygen atoms in total. The number of hydrogen-bond donors (Lipinski definition) is 0. The van der Waals surface area contributed by atoms with Gasteiger partial charge in [0.2, 0.25) is 0 Å². The van der Waals surface area contributed by atoms with Crippen LogP contribution >= 0.6 is 0 Å². The summed E-state index contributed by atoms with van der Waals surface area (Å²) >= 11 is 0. The fourth-order valence-corrected chi connectivity index (χ4v) is 1.40. The maximum absolute atomic E-state index is 11.4. The highest BCUT2D eigenvalue weighted by Crippen LogP contribution is 2.08. The zero-order valence-electron chi connectivity index (χ0n) is 7.74. The highest BCUT2D eigenvalue weighted by atomic mass is 16.1. The van der Waals surface area contributed by atoms with Gasteiger partial charge in [-0.2, -0.15) is 0 Å². The molecule has 2 aromatic heterocycles. The van der Waals surface area contributed by atoms with E-state index in [1.807, 2.05) is 32.2 Å². The maximum Gasteiger partial charge on any atom is 0.255 e. The van der Waals surface area contributed by atoms with Gasteiger partial charge in [-0.15, -0.1) is 0 Å². The van der Waals surface area contributed by atoms with E-state index >= 15 is 0 Å². The van der Waals surface area contributed by atoms with Gasteiger partial charge in [0.05, 0.1) is 0 Å². The van der Waals surface area contributed by atoms with Crippen LogP contribution in [0.5, 0.6) is 0 Å². The molecule has 0 aliphatic rings. The van der Waals surface area contributed by atoms with Crippen LogP contribution in [0.3, 0.4) is 0 Å². The first-order valence-electron chi connectivity index (χ1n) is 4.27. The van der Waals surface area contributed by atoms with Crippen LogP contribution in [0.15, 0.2) is 35.3 Å². The first kappa shape index (κ1) is 8.05. The lowest BCUT2D eigenvalue weighted by Gasteiger charge is -2.04. The van der Waals surface area contributed by atoms with Crippen LogP contribution in [0, 0.1) is 13.8 Å². The topological polar surface area (TPSA) is 21.5 Å². The summed E-state index contributed by atoms with van der Waals surface area (Å²) in [6.45, 7) is 4.06. The molecule has 2 rings (SSSR count). The summed E-state index contributed by atoms with van der Waals surface area (Å²) < 4.78 is 1.67. The number of rotatable bonds is 0. The summed E-state index contributed by atoms with van der Waals surface area (Å²) in [6.07, 6.45) is 1.88. The standard InChI is InChI=1S/C11H11NO/c1-8-6-10-4-3-5-11(13)12(10)7-9(8)2/h3-7H,1-2H3. The predicted molar refractivity (Wildman–Crippen MR) is 53.1 cm³/mol. The second-order valence-electron chi connectivity index (χ2n) is 3.30. The van der Waals surface area contributed by atoms with Crippen LogP contribution in [-0.4, -0.2) is 4.40 Å². The van der Waals surface area contributed by atoms with E-state index in [1.165, 1.54) is 5.56 Å². The Morgan fingerprint density at radius 3 is 2.69 bits per heavy atom. The van der Waals surface area contributed by atoms with Gasteiger partial charge in [-0.3, -0.25) is 9.20 Å². The van der Waals surface area contributed by atoms with Crippen molar-refractivity contribution in [3.63, 3.8) is 0 Å². The number of fused-ring (bicyclic) bond motifs is 1. The number of hydrogen-bond acceptors (Lipinski definition) is 1. The zero-order valence-corrected chi connectivity index (χ0v) is 7.74. The normalized spacial score (nSPS) is 10.6. The average Bonchev–Trinajstić information content (AvgIpc) is 2.09. The van der Waals surface area contributed by atoms with E-state index in [0.717, 1.165) is 11.1 Å². The minimum absolute atomic E-state index is 0.0283. The van der Waals surface area contributed by atoms with Gasteiger partial charge >= 0.3 is 0 Å². The third-order valence-electron chi connectivity index (χ3n) is 2.33. The minimum Gasteiger partial charge on any atom is -0.284 e. The van der Waals surface area contributed by atoms with E-state index in [1.54, 1.807) is 16.5 Å². The molecule has 2 aromatic rings. The van der Waals surface area contributed by atoms with Crippen LogP contribution in [0.2, 0.25) is 0 Å². The number of nitrogens with zero attached hydrogens (tertiary/aromatic N) is 1. The van der Waals surface area contributed by atoms with Crippen LogP contribution in [0.1, 0.15) is 11.1 Å². The number of aryl methyl sites for hydroxylation is 2. The summed E-state index contributed by atoms with van der Waals surface area (Å²) in [6, 6.07) is 7.32. The van der Waals surface area contributed by atoms with Gasteiger partial charge in [-0.25, -0.2) is 0 Å². The fraction of sp³-hybridized carbons (Fsp3) is 0.182. The molecule has 0 radical (unpaired) electrons. The lowest BCUT2D eigenvalue weighted by Crippen LogP contribution is -2.11. The molecule has 0 fully saturated rings. The van der Waals surface area contributed by atoms with Gasteiger partial charge in [0, 0.05) is 17.8 Å². The molecule has 2 heterocycles. The highest BCUT2D eigenvalue weighted by molar-refractivity contribution is 5.50. The lowest BCUT2D eigenvalue weighted by atomic mass is 10.1. The molecule has 0 unspecified atom stereocenters. The van der Waals surface area contributed by atoms with Crippen molar-refractivity contribution in [2.45, 2.75) is 13.8 Å². The molecule has 0 bridgehead atoms. The SMILES string of the molecule is Cc1cc2cccc(=O)n2cc1C.